The SMILES string of the molecule is CN(c1ccc(NC(=O)N2CC[C@](O)(C(N)=O)C2)cc1F)C1CCCCC1. The van der Waals surface area contributed by atoms with Crippen molar-refractivity contribution in [2.24, 2.45) is 5.73 Å². The minimum absolute atomic E-state index is 0.0925. The zero-order chi connectivity index (χ0) is 19.6. The maximum absolute atomic E-state index is 14.6. The van der Waals surface area contributed by atoms with Gasteiger partial charge in [-0.3, -0.25) is 4.79 Å². The topological polar surface area (TPSA) is 98.9 Å². The second kappa shape index (κ2) is 7.72. The molecule has 1 saturated carbocycles. The van der Waals surface area contributed by atoms with Crippen molar-refractivity contribution >= 4 is 23.3 Å². The number of halogens is 1. The Labute approximate surface area is 158 Å². The number of likely N-dealkylation sites (tertiary alicyclic amines) is 1. The average molecular weight is 378 g/mol. The van der Waals surface area contributed by atoms with Crippen molar-refractivity contribution in [3.05, 3.63) is 24.0 Å². The first-order valence-electron chi connectivity index (χ1n) is 9.41. The summed E-state index contributed by atoms with van der Waals surface area (Å²) >= 11 is 0. The molecular formula is C19H27FN4O3. The maximum atomic E-state index is 14.6. The molecule has 1 heterocycles. The summed E-state index contributed by atoms with van der Waals surface area (Å²) in [6.45, 7) is 0.0371. The summed E-state index contributed by atoms with van der Waals surface area (Å²) in [5.41, 5.74) is 4.32. The number of urea groups is 1. The molecule has 1 aromatic carbocycles. The third-order valence-corrected chi connectivity index (χ3v) is 5.69. The van der Waals surface area contributed by atoms with Crippen LogP contribution in [0.3, 0.4) is 0 Å². The number of nitrogens with two attached hydrogens (primary N) is 1. The normalized spacial score (nSPS) is 23.3. The summed E-state index contributed by atoms with van der Waals surface area (Å²) in [5.74, 6) is -1.24. The minimum atomic E-state index is -1.70. The molecule has 0 unspecified atom stereocenters. The Kier molecular flexibility index (Phi) is 5.55. The van der Waals surface area contributed by atoms with E-state index in [1.807, 2.05) is 11.9 Å². The van der Waals surface area contributed by atoms with Crippen LogP contribution in [0, 0.1) is 5.82 Å². The van der Waals surface area contributed by atoms with E-state index < -0.39 is 23.4 Å². The molecule has 1 atom stereocenters. The molecule has 0 spiro atoms. The number of β-amino-alcohol motifs (C(OH)–C–C–N with tert-alkyl or cyclic N) is 1. The second-order valence-corrected chi connectivity index (χ2v) is 7.57. The molecule has 7 nitrogen and oxygen atoms in total. The van der Waals surface area contributed by atoms with Crippen LogP contribution in [-0.4, -0.2) is 53.7 Å². The summed E-state index contributed by atoms with van der Waals surface area (Å²) in [7, 11) is 1.90. The highest BCUT2D eigenvalue weighted by Crippen LogP contribution is 2.29. The molecule has 8 heteroatoms. The van der Waals surface area contributed by atoms with Crippen molar-refractivity contribution in [1.29, 1.82) is 0 Å². The van der Waals surface area contributed by atoms with E-state index >= 15 is 0 Å². The van der Waals surface area contributed by atoms with E-state index in [1.54, 1.807) is 12.1 Å². The first-order valence-corrected chi connectivity index (χ1v) is 9.41. The molecule has 148 valence electrons. The van der Waals surface area contributed by atoms with Gasteiger partial charge in [0.2, 0.25) is 0 Å². The van der Waals surface area contributed by atoms with E-state index in [1.165, 1.54) is 17.4 Å². The summed E-state index contributed by atoms with van der Waals surface area (Å²) < 4.78 is 14.6. The van der Waals surface area contributed by atoms with E-state index in [9.17, 15) is 19.1 Å². The van der Waals surface area contributed by atoms with Gasteiger partial charge in [-0.05, 0) is 31.0 Å². The van der Waals surface area contributed by atoms with Crippen LogP contribution in [0.2, 0.25) is 0 Å². The molecule has 1 saturated heterocycles. The van der Waals surface area contributed by atoms with Crippen LogP contribution in [0.15, 0.2) is 18.2 Å². The summed E-state index contributed by atoms with van der Waals surface area (Å²) in [5, 5.41) is 12.7. The number of aliphatic hydroxyl groups is 1. The summed E-state index contributed by atoms with van der Waals surface area (Å²) in [6.07, 6.45) is 5.78. The Bertz CT molecular complexity index is 723. The molecule has 1 aliphatic heterocycles. The van der Waals surface area contributed by atoms with Crippen LogP contribution in [0.1, 0.15) is 38.5 Å². The van der Waals surface area contributed by atoms with Gasteiger partial charge in [-0.15, -0.1) is 0 Å². The largest absolute Gasteiger partial charge is 0.378 e. The molecule has 2 aliphatic rings. The molecule has 27 heavy (non-hydrogen) atoms. The van der Waals surface area contributed by atoms with Gasteiger partial charge in [0.25, 0.3) is 5.91 Å². The highest BCUT2D eigenvalue weighted by molar-refractivity contribution is 5.91. The summed E-state index contributed by atoms with van der Waals surface area (Å²) in [6, 6.07) is 4.46. The second-order valence-electron chi connectivity index (χ2n) is 7.57. The van der Waals surface area contributed by atoms with E-state index in [2.05, 4.69) is 5.32 Å². The van der Waals surface area contributed by atoms with Gasteiger partial charge in [0.1, 0.15) is 5.82 Å². The molecule has 0 aromatic heterocycles. The highest BCUT2D eigenvalue weighted by atomic mass is 19.1. The molecule has 0 bridgehead atoms. The highest BCUT2D eigenvalue weighted by Gasteiger charge is 2.43. The Morgan fingerprint density at radius 3 is 2.63 bits per heavy atom. The summed E-state index contributed by atoms with van der Waals surface area (Å²) in [4.78, 5) is 26.9. The van der Waals surface area contributed by atoms with Crippen LogP contribution in [-0.2, 0) is 4.79 Å². The Balaban J connectivity index is 1.64. The Morgan fingerprint density at radius 2 is 2.04 bits per heavy atom. The fourth-order valence-electron chi connectivity index (χ4n) is 3.91. The van der Waals surface area contributed by atoms with Gasteiger partial charge in [0, 0.05) is 31.7 Å². The van der Waals surface area contributed by atoms with E-state index in [4.69, 9.17) is 5.73 Å². The molecule has 3 amide bonds. The third kappa shape index (κ3) is 4.16. The first kappa shape index (κ1) is 19.4. The van der Waals surface area contributed by atoms with Gasteiger partial charge >= 0.3 is 6.03 Å². The lowest BCUT2D eigenvalue weighted by Gasteiger charge is -2.33. The number of benzene rings is 1. The van der Waals surface area contributed by atoms with Gasteiger partial charge in [-0.1, -0.05) is 19.3 Å². The lowest BCUT2D eigenvalue weighted by molar-refractivity contribution is -0.134. The number of carbonyl (C=O) groups excluding carboxylic acids is 2. The van der Waals surface area contributed by atoms with Gasteiger partial charge in [-0.25, -0.2) is 9.18 Å². The molecule has 3 rings (SSSR count). The average Bonchev–Trinajstić information content (AvgIpc) is 3.06. The minimum Gasteiger partial charge on any atom is -0.378 e. The Morgan fingerprint density at radius 1 is 1.33 bits per heavy atom. The predicted octanol–water partition coefficient (Wildman–Crippen LogP) is 2.05. The number of hydrogen-bond donors (Lipinski definition) is 3. The van der Waals surface area contributed by atoms with Gasteiger partial charge in [-0.2, -0.15) is 0 Å². The van der Waals surface area contributed by atoms with Crippen LogP contribution >= 0.6 is 0 Å². The molecule has 1 aliphatic carbocycles. The molecular weight excluding hydrogens is 351 g/mol. The monoisotopic (exact) mass is 378 g/mol. The molecule has 4 N–H and O–H groups in total. The van der Waals surface area contributed by atoms with Crippen LogP contribution in [0.4, 0.5) is 20.6 Å². The number of carbonyl (C=O) groups is 2. The number of anilines is 2. The molecule has 2 fully saturated rings. The smallest absolute Gasteiger partial charge is 0.321 e. The van der Waals surface area contributed by atoms with E-state index in [0.717, 1.165) is 25.7 Å². The van der Waals surface area contributed by atoms with Crippen LogP contribution in [0.5, 0.6) is 0 Å². The van der Waals surface area contributed by atoms with Crippen molar-refractivity contribution in [2.45, 2.75) is 50.2 Å². The maximum Gasteiger partial charge on any atom is 0.321 e. The van der Waals surface area contributed by atoms with Gasteiger partial charge < -0.3 is 26.0 Å². The number of amides is 3. The fraction of sp³-hybridized carbons (Fsp3) is 0.579. The van der Waals surface area contributed by atoms with E-state index in [0.29, 0.717) is 17.4 Å². The van der Waals surface area contributed by atoms with Crippen LogP contribution in [0.25, 0.3) is 0 Å². The number of nitrogens with zero attached hydrogens (tertiary/aromatic N) is 2. The molecule has 1 aromatic rings. The van der Waals surface area contributed by atoms with Crippen molar-refractivity contribution in [3.8, 4) is 0 Å². The quantitative estimate of drug-likeness (QED) is 0.747. The predicted molar refractivity (Wildman–Crippen MR) is 101 cm³/mol. The number of rotatable bonds is 4. The third-order valence-electron chi connectivity index (χ3n) is 5.69. The van der Waals surface area contributed by atoms with Gasteiger partial charge in [0.05, 0.1) is 12.2 Å². The lowest BCUT2D eigenvalue weighted by Crippen LogP contribution is -2.47. The van der Waals surface area contributed by atoms with E-state index in [-0.39, 0.29) is 19.5 Å². The Hall–Kier alpha value is -2.35. The van der Waals surface area contributed by atoms with Crippen LogP contribution < -0.4 is 16.0 Å². The zero-order valence-electron chi connectivity index (χ0n) is 15.6. The van der Waals surface area contributed by atoms with Crippen molar-refractivity contribution in [2.75, 3.05) is 30.4 Å². The zero-order valence-corrected chi connectivity index (χ0v) is 15.6. The van der Waals surface area contributed by atoms with Crippen molar-refractivity contribution < 1.29 is 19.1 Å². The fourth-order valence-corrected chi connectivity index (χ4v) is 3.91. The van der Waals surface area contributed by atoms with Crippen molar-refractivity contribution in [1.82, 2.24) is 4.90 Å². The standard InChI is InChI=1S/C19H27FN4O3/c1-23(14-5-3-2-4-6-14)16-8-7-13(11-15(16)20)22-18(26)24-10-9-19(27,12-24)17(21)25/h7-8,11,14,27H,2-6,9-10,12H2,1H3,(H2,21,25)(H,22,26)/t19-/m1/s1. The lowest BCUT2D eigenvalue weighted by atomic mass is 9.94. The number of primary amides is 1. The van der Waals surface area contributed by atoms with Crippen molar-refractivity contribution in [3.63, 3.8) is 0 Å². The van der Waals surface area contributed by atoms with Gasteiger partial charge in [0.15, 0.2) is 5.60 Å². The number of hydrogen-bond acceptors (Lipinski definition) is 4. The number of nitrogens with one attached hydrogen (secondary N) is 1. The molecule has 0 radical (unpaired) electrons. The first-order chi connectivity index (χ1) is 12.8.